The van der Waals surface area contributed by atoms with Crippen molar-refractivity contribution in [3.63, 3.8) is 0 Å². The lowest BCUT2D eigenvalue weighted by Gasteiger charge is -2.24. The Kier molecular flexibility index (Phi) is 7.39. The summed E-state index contributed by atoms with van der Waals surface area (Å²) in [6, 6.07) is 11.4. The molecule has 2 heterocycles. The minimum absolute atomic E-state index is 0.200. The van der Waals surface area contributed by atoms with Gasteiger partial charge in [-0.2, -0.15) is 0 Å². The monoisotopic (exact) mass is 574 g/mol. The molecule has 0 aliphatic carbocycles. The summed E-state index contributed by atoms with van der Waals surface area (Å²) in [4.78, 5) is 42.8. The van der Waals surface area contributed by atoms with E-state index < -0.39 is 18.0 Å². The second-order valence-electron chi connectivity index (χ2n) is 7.64. The smallest absolute Gasteiger partial charge is 0.338 e. The summed E-state index contributed by atoms with van der Waals surface area (Å²) in [7, 11) is 0. The Morgan fingerprint density at radius 2 is 1.94 bits per heavy atom. The van der Waals surface area contributed by atoms with Crippen molar-refractivity contribution >= 4 is 56.9 Å². The average Bonchev–Trinajstić information content (AvgIpc) is 3.09. The van der Waals surface area contributed by atoms with Gasteiger partial charge in [0.05, 0.1) is 32.9 Å². The van der Waals surface area contributed by atoms with Crippen LogP contribution < -0.4 is 19.6 Å². The number of carbonyl (C=O) groups is 2. The molecule has 1 atom stereocenters. The molecule has 10 heteroatoms. The number of rotatable bonds is 5. The molecule has 4 rings (SSSR count). The molecule has 1 aliphatic heterocycles. The number of esters is 2. The highest BCUT2D eigenvalue weighted by atomic mass is 79.9. The fourth-order valence-corrected chi connectivity index (χ4v) is 5.40. The zero-order chi connectivity index (χ0) is 25.3. The highest BCUT2D eigenvalue weighted by Crippen LogP contribution is 2.31. The summed E-state index contributed by atoms with van der Waals surface area (Å²) in [5.41, 5.74) is 1.95. The van der Waals surface area contributed by atoms with Gasteiger partial charge in [0.15, 0.2) is 4.80 Å². The minimum Gasteiger partial charge on any atom is -0.463 e. The Morgan fingerprint density at radius 1 is 1.23 bits per heavy atom. The fraction of sp³-hybridized carbons (Fsp3) is 0.200. The lowest BCUT2D eigenvalue weighted by Crippen LogP contribution is -2.39. The molecule has 1 aromatic heterocycles. The maximum atomic E-state index is 13.6. The summed E-state index contributed by atoms with van der Waals surface area (Å²) in [5, 5.41) is 0.544. The molecule has 35 heavy (non-hydrogen) atoms. The molecule has 1 aliphatic rings. The third kappa shape index (κ3) is 5.17. The summed E-state index contributed by atoms with van der Waals surface area (Å²) >= 11 is 10.7. The number of halogens is 2. The van der Waals surface area contributed by atoms with E-state index in [0.29, 0.717) is 41.4 Å². The van der Waals surface area contributed by atoms with Gasteiger partial charge in [-0.05, 0) is 71.2 Å². The predicted octanol–water partition coefficient (Wildman–Crippen LogP) is 4.14. The van der Waals surface area contributed by atoms with Crippen LogP contribution in [0.25, 0.3) is 6.08 Å². The van der Waals surface area contributed by atoms with Crippen LogP contribution in [0.15, 0.2) is 68.0 Å². The van der Waals surface area contributed by atoms with Crippen molar-refractivity contribution in [1.29, 1.82) is 0 Å². The summed E-state index contributed by atoms with van der Waals surface area (Å²) in [6.07, 6.45) is 1.73. The molecule has 0 N–H and O–H groups in total. The van der Waals surface area contributed by atoms with Crippen molar-refractivity contribution in [2.45, 2.75) is 26.8 Å². The van der Waals surface area contributed by atoms with Gasteiger partial charge in [0.2, 0.25) is 0 Å². The first-order valence-corrected chi connectivity index (χ1v) is 12.6. The Balaban J connectivity index is 1.88. The van der Waals surface area contributed by atoms with Gasteiger partial charge in [-0.25, -0.2) is 9.79 Å². The third-order valence-electron chi connectivity index (χ3n) is 5.21. The molecule has 7 nitrogen and oxygen atoms in total. The molecule has 0 unspecified atom stereocenters. The van der Waals surface area contributed by atoms with E-state index in [9.17, 15) is 14.4 Å². The van der Waals surface area contributed by atoms with Gasteiger partial charge in [-0.1, -0.05) is 41.1 Å². The highest BCUT2D eigenvalue weighted by molar-refractivity contribution is 9.10. The van der Waals surface area contributed by atoms with Crippen molar-refractivity contribution < 1.29 is 19.1 Å². The number of allylic oxidation sites excluding steroid dienone is 1. The molecule has 3 aromatic rings. The Hall–Kier alpha value is -3.01. The van der Waals surface area contributed by atoms with Crippen LogP contribution in [0.3, 0.4) is 0 Å². The van der Waals surface area contributed by atoms with Gasteiger partial charge < -0.3 is 9.47 Å². The number of thiazole rings is 1. The van der Waals surface area contributed by atoms with E-state index in [1.165, 1.54) is 22.8 Å². The van der Waals surface area contributed by atoms with Gasteiger partial charge in [0, 0.05) is 11.9 Å². The number of hydrogen-bond donors (Lipinski definition) is 0. The SMILES string of the molecule is CCOC(=O)C1=C(C)N=c2s/c(=C\c3ccc(OC(C)=O)c(Br)c3)c(=O)n2[C@@H]1c1ccc(Cl)cc1. The van der Waals surface area contributed by atoms with Crippen LogP contribution in [0.1, 0.15) is 37.9 Å². The first-order valence-electron chi connectivity index (χ1n) is 10.6. The van der Waals surface area contributed by atoms with Crippen LogP contribution in [0, 0.1) is 0 Å². The molecular formula is C25H20BrClN2O5S. The van der Waals surface area contributed by atoms with Gasteiger partial charge in [-0.3, -0.25) is 14.2 Å². The molecule has 2 aromatic carbocycles. The number of carbonyl (C=O) groups excluding carboxylic acids is 2. The molecule has 0 saturated heterocycles. The predicted molar refractivity (Wildman–Crippen MR) is 137 cm³/mol. The van der Waals surface area contributed by atoms with E-state index in [4.69, 9.17) is 21.1 Å². The van der Waals surface area contributed by atoms with E-state index in [0.717, 1.165) is 5.56 Å². The number of hydrogen-bond acceptors (Lipinski definition) is 7. The first-order chi connectivity index (χ1) is 16.7. The zero-order valence-electron chi connectivity index (χ0n) is 19.0. The lowest BCUT2D eigenvalue weighted by molar-refractivity contribution is -0.139. The molecule has 0 spiro atoms. The Labute approximate surface area is 218 Å². The number of fused-ring (bicyclic) bond motifs is 1. The third-order valence-corrected chi connectivity index (χ3v) is 7.06. The van der Waals surface area contributed by atoms with E-state index in [1.807, 2.05) is 0 Å². The molecular weight excluding hydrogens is 556 g/mol. The van der Waals surface area contributed by atoms with Crippen molar-refractivity contribution in [2.75, 3.05) is 6.61 Å². The maximum absolute atomic E-state index is 13.6. The number of aromatic nitrogens is 1. The van der Waals surface area contributed by atoms with E-state index >= 15 is 0 Å². The van der Waals surface area contributed by atoms with Crippen LogP contribution in [-0.4, -0.2) is 23.1 Å². The van der Waals surface area contributed by atoms with Crippen LogP contribution in [0.4, 0.5) is 0 Å². The normalized spacial score (nSPS) is 15.5. The van der Waals surface area contributed by atoms with Crippen molar-refractivity contribution in [2.24, 2.45) is 4.99 Å². The Bertz CT molecular complexity index is 1540. The van der Waals surface area contributed by atoms with Crippen molar-refractivity contribution in [1.82, 2.24) is 4.57 Å². The minimum atomic E-state index is -0.706. The van der Waals surface area contributed by atoms with E-state index in [2.05, 4.69) is 20.9 Å². The largest absolute Gasteiger partial charge is 0.463 e. The van der Waals surface area contributed by atoms with Crippen LogP contribution >= 0.6 is 38.9 Å². The number of ether oxygens (including phenoxy) is 2. The van der Waals surface area contributed by atoms with Gasteiger partial charge in [0.1, 0.15) is 5.75 Å². The molecule has 0 saturated carbocycles. The molecule has 180 valence electrons. The van der Waals surface area contributed by atoms with E-state index in [-0.39, 0.29) is 12.2 Å². The van der Waals surface area contributed by atoms with Crippen LogP contribution in [0.2, 0.25) is 5.02 Å². The second-order valence-corrected chi connectivity index (χ2v) is 9.94. The van der Waals surface area contributed by atoms with Gasteiger partial charge >= 0.3 is 11.9 Å². The van der Waals surface area contributed by atoms with E-state index in [1.54, 1.807) is 62.4 Å². The summed E-state index contributed by atoms with van der Waals surface area (Å²) in [6.45, 7) is 4.98. The molecule has 0 radical (unpaired) electrons. The number of nitrogens with zero attached hydrogens (tertiary/aromatic N) is 2. The zero-order valence-corrected chi connectivity index (χ0v) is 22.2. The average molecular weight is 576 g/mol. The second kappa shape index (κ2) is 10.3. The van der Waals surface area contributed by atoms with Gasteiger partial charge in [0.25, 0.3) is 5.56 Å². The summed E-state index contributed by atoms with van der Waals surface area (Å²) < 4.78 is 13.0. The summed E-state index contributed by atoms with van der Waals surface area (Å²) in [5.74, 6) is -0.566. The first kappa shape index (κ1) is 25.1. The standard InChI is InChI=1S/C25H20BrClN2O5S/c1-4-33-24(32)21-13(2)28-25-29(22(21)16-6-8-17(27)9-7-16)23(31)20(35-25)12-15-5-10-19(18(26)11-15)34-14(3)30/h5-12,22H,4H2,1-3H3/b20-12-/t22-/m1/s1. The highest BCUT2D eigenvalue weighted by Gasteiger charge is 2.33. The fourth-order valence-electron chi connectivity index (χ4n) is 3.75. The van der Waals surface area contributed by atoms with Gasteiger partial charge in [-0.15, -0.1) is 0 Å². The molecule has 0 amide bonds. The Morgan fingerprint density at radius 3 is 2.57 bits per heavy atom. The van der Waals surface area contributed by atoms with Crippen LogP contribution in [-0.2, 0) is 14.3 Å². The maximum Gasteiger partial charge on any atom is 0.338 e. The van der Waals surface area contributed by atoms with Crippen molar-refractivity contribution in [3.05, 3.63) is 94.0 Å². The quantitative estimate of drug-likeness (QED) is 0.337. The number of benzene rings is 2. The topological polar surface area (TPSA) is 87.0 Å². The van der Waals surface area contributed by atoms with Crippen molar-refractivity contribution in [3.8, 4) is 5.75 Å². The van der Waals surface area contributed by atoms with Crippen LogP contribution in [0.5, 0.6) is 5.75 Å². The lowest BCUT2D eigenvalue weighted by atomic mass is 9.96. The molecule has 0 fully saturated rings. The molecule has 0 bridgehead atoms.